The molecule has 10 heteroatoms. The van der Waals surface area contributed by atoms with Gasteiger partial charge in [-0.1, -0.05) is 31.9 Å². The molecule has 1 heterocycles. The maximum absolute atomic E-state index is 17.3. The molecule has 0 aromatic rings. The highest BCUT2D eigenvalue weighted by Gasteiger charge is 2.79. The average Bonchev–Trinajstić information content (AvgIpc) is 3.26. The van der Waals surface area contributed by atoms with Crippen LogP contribution in [0.1, 0.15) is 59.3 Å². The summed E-state index contributed by atoms with van der Waals surface area (Å²) < 4.78 is 58.2. The van der Waals surface area contributed by atoms with E-state index in [-0.39, 0.29) is 18.1 Å². The van der Waals surface area contributed by atoms with Gasteiger partial charge in [-0.2, -0.15) is 8.42 Å². The molecule has 1 saturated heterocycles. The van der Waals surface area contributed by atoms with E-state index in [0.717, 1.165) is 12.7 Å². The van der Waals surface area contributed by atoms with E-state index >= 15 is 4.39 Å². The predicted molar refractivity (Wildman–Crippen MR) is 127 cm³/mol. The topological polar surface area (TPSA) is 116 Å². The van der Waals surface area contributed by atoms with Crippen LogP contribution in [0.25, 0.3) is 0 Å². The van der Waals surface area contributed by atoms with Crippen molar-refractivity contribution in [2.75, 3.05) is 12.9 Å². The summed E-state index contributed by atoms with van der Waals surface area (Å²) in [4.78, 5) is 25.8. The average molecular weight is 527 g/mol. The number of aliphatic hydroxyl groups excluding tert-OH is 1. The Morgan fingerprint density at radius 2 is 2.03 bits per heavy atom. The molecule has 4 fully saturated rings. The van der Waals surface area contributed by atoms with Crippen LogP contribution in [0, 0.1) is 22.7 Å². The van der Waals surface area contributed by atoms with Crippen molar-refractivity contribution in [3.8, 4) is 0 Å². The minimum Gasteiger partial charge on any atom is -0.390 e. The van der Waals surface area contributed by atoms with Crippen LogP contribution >= 0.6 is 0 Å². The zero-order chi connectivity index (χ0) is 26.3. The van der Waals surface area contributed by atoms with Crippen LogP contribution in [0.4, 0.5) is 4.39 Å². The molecule has 0 bridgehead atoms. The third-order valence-electron chi connectivity index (χ3n) is 9.78. The van der Waals surface area contributed by atoms with Gasteiger partial charge in [0.25, 0.3) is 10.1 Å². The number of ketones is 2. The van der Waals surface area contributed by atoms with Gasteiger partial charge in [-0.25, -0.2) is 4.39 Å². The lowest BCUT2D eigenvalue weighted by Gasteiger charge is -2.62. The van der Waals surface area contributed by atoms with Gasteiger partial charge < -0.3 is 14.6 Å². The minimum atomic E-state index is -3.89. The number of allylic oxidation sites excluding steroid dienone is 4. The number of fused-ring (bicyclic) bond motifs is 7. The lowest BCUT2D eigenvalue weighted by atomic mass is 9.44. The molecule has 200 valence electrons. The van der Waals surface area contributed by atoms with E-state index < -0.39 is 69.0 Å². The fraction of sp³-hybridized carbons (Fsp3) is 0.769. The van der Waals surface area contributed by atoms with E-state index in [1.807, 2.05) is 13.8 Å². The van der Waals surface area contributed by atoms with Gasteiger partial charge in [-0.3, -0.25) is 13.8 Å². The van der Waals surface area contributed by atoms with Gasteiger partial charge in [0, 0.05) is 16.7 Å². The largest absolute Gasteiger partial charge is 0.390 e. The molecule has 4 aliphatic carbocycles. The van der Waals surface area contributed by atoms with Crippen molar-refractivity contribution < 1.29 is 41.2 Å². The standard InChI is InChI=1S/C26H35FO8S/c1-5-6-22-34-21-12-18-17-8-7-15-11-16(28)9-10-23(15,2)25(17,27)19(29)13-24(18,3)26(21,35-22)20(30)14-33-36(4,31)32/h9-11,17-19,21-22,29H,5-8,12-14H2,1-4H3/t17-,18-,19-,21+,22?,23-,24-,25-,26+/m0/s1. The summed E-state index contributed by atoms with van der Waals surface area (Å²) in [6.07, 6.45) is 5.00. The highest BCUT2D eigenvalue weighted by atomic mass is 32.2. The zero-order valence-electron chi connectivity index (χ0n) is 21.2. The number of hydrogen-bond acceptors (Lipinski definition) is 8. The van der Waals surface area contributed by atoms with Crippen molar-refractivity contribution in [3.05, 3.63) is 23.8 Å². The number of ether oxygens (including phenoxy) is 2. The molecule has 9 atom stereocenters. The Balaban J connectivity index is 1.57. The SMILES string of the molecule is CCCC1O[C@@H]2C[C@H]3[C@@H]4CCC5=CC(=O)C=C[C@]5(C)[C@@]4(F)[C@@H](O)C[C@]3(C)[C@]2(C(=O)COS(C)(=O)=O)O1. The van der Waals surface area contributed by atoms with E-state index in [4.69, 9.17) is 13.7 Å². The Labute approximate surface area is 211 Å². The zero-order valence-corrected chi connectivity index (χ0v) is 22.0. The first-order valence-electron chi connectivity index (χ1n) is 12.7. The molecule has 0 aromatic carbocycles. The Morgan fingerprint density at radius 1 is 1.31 bits per heavy atom. The Bertz CT molecular complexity index is 1150. The van der Waals surface area contributed by atoms with Crippen molar-refractivity contribution in [1.82, 2.24) is 0 Å². The number of carbonyl (C=O) groups is 2. The van der Waals surface area contributed by atoms with Crippen LogP contribution in [0.5, 0.6) is 0 Å². The normalized spacial score (nSPS) is 47.6. The third-order valence-corrected chi connectivity index (χ3v) is 10.3. The monoisotopic (exact) mass is 526 g/mol. The number of rotatable bonds is 6. The molecule has 1 N–H and O–H groups in total. The van der Waals surface area contributed by atoms with E-state index in [9.17, 15) is 23.1 Å². The highest BCUT2D eigenvalue weighted by Crippen LogP contribution is 2.71. The number of hydrogen-bond donors (Lipinski definition) is 1. The third kappa shape index (κ3) is 3.33. The van der Waals surface area contributed by atoms with Crippen molar-refractivity contribution in [3.63, 3.8) is 0 Å². The summed E-state index contributed by atoms with van der Waals surface area (Å²) in [5.74, 6) is -1.74. The van der Waals surface area contributed by atoms with Crippen LogP contribution in [0.15, 0.2) is 23.8 Å². The molecule has 36 heavy (non-hydrogen) atoms. The summed E-state index contributed by atoms with van der Waals surface area (Å²) in [7, 11) is -3.89. The molecule has 1 unspecified atom stereocenters. The Morgan fingerprint density at radius 3 is 2.69 bits per heavy atom. The van der Waals surface area contributed by atoms with Gasteiger partial charge in [0.05, 0.1) is 18.5 Å². The fourth-order valence-electron chi connectivity index (χ4n) is 8.16. The maximum Gasteiger partial charge on any atom is 0.264 e. The van der Waals surface area contributed by atoms with Gasteiger partial charge in [0.1, 0.15) is 6.61 Å². The molecule has 0 amide bonds. The van der Waals surface area contributed by atoms with Crippen molar-refractivity contribution >= 4 is 21.7 Å². The van der Waals surface area contributed by atoms with Crippen LogP contribution in [-0.4, -0.2) is 67.7 Å². The van der Waals surface area contributed by atoms with Gasteiger partial charge >= 0.3 is 0 Å². The van der Waals surface area contributed by atoms with Crippen LogP contribution in [0.2, 0.25) is 0 Å². The first-order valence-corrected chi connectivity index (χ1v) is 14.6. The lowest BCUT2D eigenvalue weighted by Crippen LogP contribution is -2.69. The molecule has 3 saturated carbocycles. The quantitative estimate of drug-likeness (QED) is 0.526. The molecule has 0 radical (unpaired) electrons. The van der Waals surface area contributed by atoms with E-state index in [1.165, 1.54) is 12.2 Å². The van der Waals surface area contributed by atoms with E-state index in [1.54, 1.807) is 13.0 Å². The second kappa shape index (κ2) is 8.27. The van der Waals surface area contributed by atoms with Crippen molar-refractivity contribution in [2.24, 2.45) is 22.7 Å². The van der Waals surface area contributed by atoms with Crippen molar-refractivity contribution in [1.29, 1.82) is 0 Å². The molecular formula is C26H35FO8S. The summed E-state index contributed by atoms with van der Waals surface area (Å²) >= 11 is 0. The second-order valence-corrected chi connectivity index (χ2v) is 13.2. The minimum absolute atomic E-state index is 0.0708. The summed E-state index contributed by atoms with van der Waals surface area (Å²) in [5.41, 5.74) is -5.08. The summed E-state index contributed by atoms with van der Waals surface area (Å²) in [5, 5.41) is 11.5. The number of alkyl halides is 1. The maximum atomic E-state index is 17.3. The number of halogens is 1. The van der Waals surface area contributed by atoms with Crippen LogP contribution in [0.3, 0.4) is 0 Å². The number of carbonyl (C=O) groups excluding carboxylic acids is 2. The van der Waals surface area contributed by atoms with Gasteiger partial charge in [-0.05, 0) is 57.1 Å². The molecule has 8 nitrogen and oxygen atoms in total. The molecule has 0 aromatic heterocycles. The van der Waals surface area contributed by atoms with Gasteiger partial charge in [-0.15, -0.1) is 0 Å². The van der Waals surface area contributed by atoms with Crippen molar-refractivity contribution in [2.45, 2.75) is 89.1 Å². The van der Waals surface area contributed by atoms with E-state index in [0.29, 0.717) is 31.3 Å². The Kier molecular flexibility index (Phi) is 6.01. The molecule has 5 aliphatic rings. The van der Waals surface area contributed by atoms with Crippen LogP contribution < -0.4 is 0 Å². The Hall–Kier alpha value is -1.46. The second-order valence-electron chi connectivity index (χ2n) is 11.6. The first kappa shape index (κ1) is 26.2. The van der Waals surface area contributed by atoms with E-state index in [2.05, 4.69) is 0 Å². The highest BCUT2D eigenvalue weighted by molar-refractivity contribution is 7.86. The predicted octanol–water partition coefficient (Wildman–Crippen LogP) is 2.79. The first-order chi connectivity index (χ1) is 16.7. The summed E-state index contributed by atoms with van der Waals surface area (Å²) in [6, 6.07) is 0. The van der Waals surface area contributed by atoms with Gasteiger partial charge in [0.2, 0.25) is 0 Å². The molecule has 0 spiro atoms. The van der Waals surface area contributed by atoms with Crippen LogP contribution in [-0.2, 0) is 33.4 Å². The smallest absolute Gasteiger partial charge is 0.264 e. The molecule has 1 aliphatic heterocycles. The molecular weight excluding hydrogens is 491 g/mol. The van der Waals surface area contributed by atoms with Gasteiger partial charge in [0.15, 0.2) is 29.1 Å². The lowest BCUT2D eigenvalue weighted by molar-refractivity contribution is -0.230. The number of Topliss-reactive ketones (excluding diaryl/α,β-unsaturated/α-hetero) is 1. The fourth-order valence-corrected chi connectivity index (χ4v) is 8.48. The molecule has 5 rings (SSSR count). The number of aliphatic hydroxyl groups is 1. The summed E-state index contributed by atoms with van der Waals surface area (Å²) in [6.45, 7) is 4.83.